The molecule has 0 aliphatic carbocycles. The molecule has 1 aromatic heterocycles. The fourth-order valence-corrected chi connectivity index (χ4v) is 3.21. The van der Waals surface area contributed by atoms with Crippen molar-refractivity contribution in [1.82, 2.24) is 20.1 Å². The Hall–Kier alpha value is -3.15. The highest BCUT2D eigenvalue weighted by molar-refractivity contribution is 5.94. The summed E-state index contributed by atoms with van der Waals surface area (Å²) in [5.41, 5.74) is 4.99. The van der Waals surface area contributed by atoms with Crippen LogP contribution in [-0.4, -0.2) is 33.8 Å². The number of rotatable bonds is 6. The predicted molar refractivity (Wildman–Crippen MR) is 105 cm³/mol. The van der Waals surface area contributed by atoms with E-state index in [-0.39, 0.29) is 11.9 Å². The molecule has 6 nitrogen and oxygen atoms in total. The molecule has 1 atom stereocenters. The number of aryl methyl sites for hydroxylation is 2. The van der Waals surface area contributed by atoms with Crippen molar-refractivity contribution in [2.24, 2.45) is 0 Å². The molecule has 0 radical (unpaired) electrons. The quantitative estimate of drug-likeness (QED) is 0.728. The topological polar surface area (TPSA) is 69.0 Å². The van der Waals surface area contributed by atoms with Crippen molar-refractivity contribution in [3.8, 4) is 16.9 Å². The minimum Gasteiger partial charge on any atom is -0.496 e. The van der Waals surface area contributed by atoms with Gasteiger partial charge in [0.1, 0.15) is 18.4 Å². The van der Waals surface area contributed by atoms with Crippen LogP contribution >= 0.6 is 0 Å². The third-order valence-corrected chi connectivity index (χ3v) is 4.45. The second-order valence-corrected chi connectivity index (χ2v) is 6.71. The summed E-state index contributed by atoms with van der Waals surface area (Å²) in [4.78, 5) is 16.4. The second-order valence-electron chi connectivity index (χ2n) is 6.71. The Bertz CT molecular complexity index is 895. The van der Waals surface area contributed by atoms with Crippen LogP contribution in [-0.2, 0) is 6.54 Å². The number of nitrogens with zero attached hydrogens (tertiary/aromatic N) is 3. The molecule has 0 spiro atoms. The van der Waals surface area contributed by atoms with E-state index in [9.17, 15) is 4.79 Å². The first-order valence-corrected chi connectivity index (χ1v) is 8.87. The van der Waals surface area contributed by atoms with Gasteiger partial charge < -0.3 is 10.1 Å². The maximum atomic E-state index is 12.5. The molecule has 3 aromatic rings. The van der Waals surface area contributed by atoms with Gasteiger partial charge in [-0.05, 0) is 67.3 Å². The first-order chi connectivity index (χ1) is 13.0. The Morgan fingerprint density at radius 2 is 1.81 bits per heavy atom. The van der Waals surface area contributed by atoms with E-state index in [1.807, 2.05) is 45.0 Å². The number of benzene rings is 2. The lowest BCUT2D eigenvalue weighted by molar-refractivity contribution is 0.0936. The Morgan fingerprint density at radius 1 is 1.15 bits per heavy atom. The summed E-state index contributed by atoms with van der Waals surface area (Å²) in [6.07, 6.45) is 3.12. The number of carbonyl (C=O) groups is 1. The van der Waals surface area contributed by atoms with Crippen LogP contribution in [0.3, 0.4) is 0 Å². The smallest absolute Gasteiger partial charge is 0.251 e. The number of hydrogen-bond acceptors (Lipinski definition) is 4. The summed E-state index contributed by atoms with van der Waals surface area (Å²) < 4.78 is 7.13. The molecule has 140 valence electrons. The van der Waals surface area contributed by atoms with E-state index in [0.717, 1.165) is 28.0 Å². The minimum atomic E-state index is -0.101. The van der Waals surface area contributed by atoms with E-state index in [2.05, 4.69) is 27.5 Å². The molecule has 3 rings (SSSR count). The van der Waals surface area contributed by atoms with Gasteiger partial charge in [0.15, 0.2) is 0 Å². The monoisotopic (exact) mass is 364 g/mol. The normalized spacial score (nSPS) is 11.9. The van der Waals surface area contributed by atoms with Gasteiger partial charge >= 0.3 is 0 Å². The van der Waals surface area contributed by atoms with Crippen molar-refractivity contribution in [2.75, 3.05) is 7.11 Å². The van der Waals surface area contributed by atoms with Crippen molar-refractivity contribution in [3.63, 3.8) is 0 Å². The summed E-state index contributed by atoms with van der Waals surface area (Å²) in [5.74, 6) is 0.812. The van der Waals surface area contributed by atoms with Crippen molar-refractivity contribution in [3.05, 3.63) is 65.7 Å². The molecule has 27 heavy (non-hydrogen) atoms. The summed E-state index contributed by atoms with van der Waals surface area (Å²) in [6.45, 7) is 6.59. The number of nitrogens with one attached hydrogen (secondary N) is 1. The Balaban J connectivity index is 1.70. The van der Waals surface area contributed by atoms with Gasteiger partial charge in [-0.25, -0.2) is 4.98 Å². The van der Waals surface area contributed by atoms with E-state index < -0.39 is 0 Å². The molecule has 1 heterocycles. The van der Waals surface area contributed by atoms with Crippen molar-refractivity contribution in [1.29, 1.82) is 0 Å². The van der Waals surface area contributed by atoms with Crippen molar-refractivity contribution in [2.45, 2.75) is 33.4 Å². The lowest BCUT2D eigenvalue weighted by Crippen LogP contribution is -2.35. The van der Waals surface area contributed by atoms with E-state index in [1.165, 1.54) is 6.33 Å². The number of aromatic nitrogens is 3. The minimum absolute atomic E-state index is 0.0502. The fourth-order valence-electron chi connectivity index (χ4n) is 3.21. The summed E-state index contributed by atoms with van der Waals surface area (Å²) in [6, 6.07) is 11.8. The molecule has 0 aliphatic rings. The first-order valence-electron chi connectivity index (χ1n) is 8.87. The SMILES string of the molecule is COc1c(C)cc(-c2ccc(C(=O)N[C@H](C)Cn3cncn3)cc2)cc1C. The molecule has 0 aliphatic heterocycles. The number of amides is 1. The van der Waals surface area contributed by atoms with Crippen LogP contribution in [0.5, 0.6) is 5.75 Å². The molecule has 6 heteroatoms. The largest absolute Gasteiger partial charge is 0.496 e. The van der Waals surface area contributed by atoms with Crippen LogP contribution in [0.15, 0.2) is 49.1 Å². The molecule has 0 saturated heterocycles. The third kappa shape index (κ3) is 4.34. The van der Waals surface area contributed by atoms with Gasteiger partial charge in [-0.15, -0.1) is 0 Å². The van der Waals surface area contributed by atoms with Gasteiger partial charge in [0.25, 0.3) is 5.91 Å². The van der Waals surface area contributed by atoms with Gasteiger partial charge in [0.2, 0.25) is 0 Å². The average Bonchev–Trinajstić information content (AvgIpc) is 3.14. The van der Waals surface area contributed by atoms with Crippen LogP contribution in [0, 0.1) is 13.8 Å². The van der Waals surface area contributed by atoms with Gasteiger partial charge in [0.05, 0.1) is 13.7 Å². The Morgan fingerprint density at radius 3 is 2.37 bits per heavy atom. The van der Waals surface area contributed by atoms with Crippen molar-refractivity contribution < 1.29 is 9.53 Å². The number of methoxy groups -OCH3 is 1. The molecule has 1 amide bonds. The second kappa shape index (κ2) is 8.03. The highest BCUT2D eigenvalue weighted by atomic mass is 16.5. The maximum Gasteiger partial charge on any atom is 0.251 e. The third-order valence-electron chi connectivity index (χ3n) is 4.45. The zero-order valence-corrected chi connectivity index (χ0v) is 16.1. The van der Waals surface area contributed by atoms with Crippen LogP contribution in [0.25, 0.3) is 11.1 Å². The Kier molecular flexibility index (Phi) is 5.54. The maximum absolute atomic E-state index is 12.5. The van der Waals surface area contributed by atoms with E-state index in [4.69, 9.17) is 4.74 Å². The molecule has 0 unspecified atom stereocenters. The van der Waals surface area contributed by atoms with Gasteiger partial charge in [-0.2, -0.15) is 5.10 Å². The number of hydrogen-bond donors (Lipinski definition) is 1. The zero-order valence-electron chi connectivity index (χ0n) is 16.1. The lowest BCUT2D eigenvalue weighted by Gasteiger charge is -2.14. The molecular formula is C21H24N4O2. The molecular weight excluding hydrogens is 340 g/mol. The zero-order chi connectivity index (χ0) is 19.4. The van der Waals surface area contributed by atoms with Crippen molar-refractivity contribution >= 4 is 5.91 Å². The predicted octanol–water partition coefficient (Wildman–Crippen LogP) is 3.39. The average molecular weight is 364 g/mol. The number of carbonyl (C=O) groups excluding carboxylic acids is 1. The van der Waals surface area contributed by atoms with Crippen LogP contribution in [0.4, 0.5) is 0 Å². The van der Waals surface area contributed by atoms with Gasteiger partial charge in [0, 0.05) is 11.6 Å². The molecule has 1 N–H and O–H groups in total. The molecule has 0 fully saturated rings. The first kappa shape index (κ1) is 18.6. The summed E-state index contributed by atoms with van der Waals surface area (Å²) in [7, 11) is 1.69. The number of ether oxygens (including phenoxy) is 1. The highest BCUT2D eigenvalue weighted by Gasteiger charge is 2.12. The van der Waals surface area contributed by atoms with Crippen LogP contribution in [0.2, 0.25) is 0 Å². The fraction of sp³-hybridized carbons (Fsp3) is 0.286. The highest BCUT2D eigenvalue weighted by Crippen LogP contribution is 2.30. The standard InChI is InChI=1S/C21H24N4O2/c1-14-9-19(10-15(2)20(14)27-4)17-5-7-18(8-6-17)21(26)24-16(3)11-25-13-22-12-23-25/h5-10,12-13,16H,11H2,1-4H3,(H,24,26)/t16-/m1/s1. The lowest BCUT2D eigenvalue weighted by atomic mass is 9.98. The van der Waals surface area contributed by atoms with Gasteiger partial charge in [-0.1, -0.05) is 12.1 Å². The molecule has 0 bridgehead atoms. The molecule has 2 aromatic carbocycles. The van der Waals surface area contributed by atoms with Crippen LogP contribution < -0.4 is 10.1 Å². The van der Waals surface area contributed by atoms with E-state index >= 15 is 0 Å². The van der Waals surface area contributed by atoms with Crippen LogP contribution in [0.1, 0.15) is 28.4 Å². The summed E-state index contributed by atoms with van der Waals surface area (Å²) in [5, 5.41) is 7.04. The van der Waals surface area contributed by atoms with E-state index in [0.29, 0.717) is 12.1 Å². The van der Waals surface area contributed by atoms with E-state index in [1.54, 1.807) is 18.1 Å². The summed E-state index contributed by atoms with van der Waals surface area (Å²) >= 11 is 0. The Labute approximate surface area is 159 Å². The van der Waals surface area contributed by atoms with Gasteiger partial charge in [-0.3, -0.25) is 9.48 Å². The molecule has 0 saturated carbocycles.